The SMILES string of the molecule is O=C1Cc2ccc(Cl)cc2N1CCCCl. The minimum atomic E-state index is 0.136. The van der Waals surface area contributed by atoms with Gasteiger partial charge in [-0.3, -0.25) is 4.79 Å². The van der Waals surface area contributed by atoms with Crippen molar-refractivity contribution in [1.82, 2.24) is 0 Å². The first kappa shape index (κ1) is 10.8. The van der Waals surface area contributed by atoms with Crippen LogP contribution in [0.5, 0.6) is 0 Å². The number of benzene rings is 1. The number of halogens is 2. The van der Waals surface area contributed by atoms with Gasteiger partial charge in [0.2, 0.25) is 5.91 Å². The molecule has 1 aromatic carbocycles. The molecule has 0 atom stereocenters. The van der Waals surface area contributed by atoms with Gasteiger partial charge in [0.1, 0.15) is 0 Å². The molecule has 0 radical (unpaired) electrons. The number of hydrogen-bond acceptors (Lipinski definition) is 1. The first-order valence-corrected chi connectivity index (χ1v) is 5.78. The average molecular weight is 244 g/mol. The molecule has 0 unspecified atom stereocenters. The molecule has 1 heterocycles. The van der Waals surface area contributed by atoms with E-state index < -0.39 is 0 Å². The molecular weight excluding hydrogens is 233 g/mol. The maximum Gasteiger partial charge on any atom is 0.231 e. The second-order valence-electron chi connectivity index (χ2n) is 3.54. The lowest BCUT2D eigenvalue weighted by Crippen LogP contribution is -2.27. The number of hydrogen-bond donors (Lipinski definition) is 0. The summed E-state index contributed by atoms with van der Waals surface area (Å²) in [5.41, 5.74) is 2.00. The van der Waals surface area contributed by atoms with Crippen LogP contribution < -0.4 is 4.90 Å². The summed E-state index contributed by atoms with van der Waals surface area (Å²) in [6.07, 6.45) is 1.29. The van der Waals surface area contributed by atoms with E-state index in [0.29, 0.717) is 23.9 Å². The average Bonchev–Trinajstić information content (AvgIpc) is 2.51. The van der Waals surface area contributed by atoms with Gasteiger partial charge in [0.15, 0.2) is 0 Å². The molecule has 1 aliphatic heterocycles. The summed E-state index contributed by atoms with van der Waals surface area (Å²) in [6, 6.07) is 5.57. The Bertz CT molecular complexity index is 392. The topological polar surface area (TPSA) is 20.3 Å². The number of nitrogens with zero attached hydrogens (tertiary/aromatic N) is 1. The number of carbonyl (C=O) groups excluding carboxylic acids is 1. The van der Waals surface area contributed by atoms with Gasteiger partial charge < -0.3 is 4.90 Å². The van der Waals surface area contributed by atoms with Crippen molar-refractivity contribution in [1.29, 1.82) is 0 Å². The molecular formula is C11H11Cl2NO. The van der Waals surface area contributed by atoms with Crippen LogP contribution in [0.4, 0.5) is 5.69 Å². The van der Waals surface area contributed by atoms with E-state index in [1.165, 1.54) is 0 Å². The van der Waals surface area contributed by atoms with Gasteiger partial charge in [0, 0.05) is 23.1 Å². The molecule has 0 fully saturated rings. The maximum absolute atomic E-state index is 11.7. The van der Waals surface area contributed by atoms with E-state index in [1.54, 1.807) is 4.90 Å². The summed E-state index contributed by atoms with van der Waals surface area (Å²) in [5.74, 6) is 0.706. The van der Waals surface area contributed by atoms with E-state index in [2.05, 4.69) is 0 Å². The van der Waals surface area contributed by atoms with Gasteiger partial charge in [-0.05, 0) is 24.1 Å². The molecule has 0 saturated heterocycles. The van der Waals surface area contributed by atoms with Gasteiger partial charge >= 0.3 is 0 Å². The second kappa shape index (κ2) is 4.42. The lowest BCUT2D eigenvalue weighted by atomic mass is 10.2. The number of anilines is 1. The number of rotatable bonds is 3. The van der Waals surface area contributed by atoms with Crippen molar-refractivity contribution in [2.75, 3.05) is 17.3 Å². The fourth-order valence-corrected chi connectivity index (χ4v) is 2.08. The van der Waals surface area contributed by atoms with Crippen LogP contribution in [0, 0.1) is 0 Å². The summed E-state index contributed by atoms with van der Waals surface area (Å²) < 4.78 is 0. The first-order valence-electron chi connectivity index (χ1n) is 4.87. The third-order valence-corrected chi connectivity index (χ3v) is 3.00. The quantitative estimate of drug-likeness (QED) is 0.748. The molecule has 80 valence electrons. The van der Waals surface area contributed by atoms with Crippen molar-refractivity contribution in [3.63, 3.8) is 0 Å². The summed E-state index contributed by atoms with van der Waals surface area (Å²) >= 11 is 11.5. The number of fused-ring (bicyclic) bond motifs is 1. The molecule has 4 heteroatoms. The molecule has 15 heavy (non-hydrogen) atoms. The Kier molecular flexibility index (Phi) is 3.17. The Hall–Kier alpha value is -0.730. The minimum Gasteiger partial charge on any atom is -0.312 e. The summed E-state index contributed by atoms with van der Waals surface area (Å²) in [5, 5.41) is 0.666. The lowest BCUT2D eigenvalue weighted by molar-refractivity contribution is -0.117. The van der Waals surface area contributed by atoms with Crippen molar-refractivity contribution in [2.24, 2.45) is 0 Å². The minimum absolute atomic E-state index is 0.136. The van der Waals surface area contributed by atoms with Gasteiger partial charge in [-0.2, -0.15) is 0 Å². The fourth-order valence-electron chi connectivity index (χ4n) is 1.79. The molecule has 0 aliphatic carbocycles. The van der Waals surface area contributed by atoms with Crippen molar-refractivity contribution >= 4 is 34.8 Å². The van der Waals surface area contributed by atoms with E-state index in [-0.39, 0.29) is 5.91 Å². The highest BCUT2D eigenvalue weighted by atomic mass is 35.5. The Morgan fingerprint density at radius 1 is 1.40 bits per heavy atom. The maximum atomic E-state index is 11.7. The Labute approximate surface area is 98.8 Å². The third-order valence-electron chi connectivity index (χ3n) is 2.50. The van der Waals surface area contributed by atoms with Crippen LogP contribution in [0.25, 0.3) is 0 Å². The van der Waals surface area contributed by atoms with Crippen LogP contribution in [0.2, 0.25) is 5.02 Å². The van der Waals surface area contributed by atoms with Crippen molar-refractivity contribution < 1.29 is 4.79 Å². The fraction of sp³-hybridized carbons (Fsp3) is 0.364. The molecule has 1 amide bonds. The van der Waals surface area contributed by atoms with Crippen LogP contribution in [0.15, 0.2) is 18.2 Å². The predicted molar refractivity (Wildman–Crippen MR) is 62.8 cm³/mol. The van der Waals surface area contributed by atoms with Crippen LogP contribution in [0.3, 0.4) is 0 Å². The van der Waals surface area contributed by atoms with E-state index >= 15 is 0 Å². The van der Waals surface area contributed by atoms with E-state index in [4.69, 9.17) is 23.2 Å². The summed E-state index contributed by atoms with van der Waals surface area (Å²) in [4.78, 5) is 13.5. The van der Waals surface area contributed by atoms with Gasteiger partial charge in [-0.25, -0.2) is 0 Å². The predicted octanol–water partition coefficient (Wildman–Crippen LogP) is 2.86. The molecule has 1 aliphatic rings. The third kappa shape index (κ3) is 2.11. The van der Waals surface area contributed by atoms with E-state index in [0.717, 1.165) is 17.7 Å². The Morgan fingerprint density at radius 3 is 2.93 bits per heavy atom. The van der Waals surface area contributed by atoms with Gasteiger partial charge in [-0.1, -0.05) is 17.7 Å². The van der Waals surface area contributed by atoms with Gasteiger partial charge in [0.25, 0.3) is 0 Å². The number of alkyl halides is 1. The van der Waals surface area contributed by atoms with Crippen LogP contribution in [-0.2, 0) is 11.2 Å². The van der Waals surface area contributed by atoms with Crippen molar-refractivity contribution in [2.45, 2.75) is 12.8 Å². The van der Waals surface area contributed by atoms with E-state index in [1.807, 2.05) is 18.2 Å². The highest BCUT2D eigenvalue weighted by Gasteiger charge is 2.26. The number of carbonyl (C=O) groups is 1. The zero-order valence-corrected chi connectivity index (χ0v) is 9.68. The highest BCUT2D eigenvalue weighted by Crippen LogP contribution is 2.31. The van der Waals surface area contributed by atoms with Crippen LogP contribution in [0.1, 0.15) is 12.0 Å². The zero-order chi connectivity index (χ0) is 10.8. The first-order chi connectivity index (χ1) is 7.22. The smallest absolute Gasteiger partial charge is 0.231 e. The Balaban J connectivity index is 2.27. The highest BCUT2D eigenvalue weighted by molar-refractivity contribution is 6.31. The molecule has 0 N–H and O–H groups in total. The normalized spacial score (nSPS) is 14.5. The molecule has 1 aromatic rings. The molecule has 0 bridgehead atoms. The summed E-state index contributed by atoms with van der Waals surface area (Å²) in [6.45, 7) is 0.676. The molecule has 2 nitrogen and oxygen atoms in total. The number of amides is 1. The lowest BCUT2D eigenvalue weighted by Gasteiger charge is -2.16. The van der Waals surface area contributed by atoms with Crippen molar-refractivity contribution in [3.8, 4) is 0 Å². The summed E-state index contributed by atoms with van der Waals surface area (Å²) in [7, 11) is 0. The molecule has 0 aromatic heterocycles. The largest absolute Gasteiger partial charge is 0.312 e. The van der Waals surface area contributed by atoms with Gasteiger partial charge in [-0.15, -0.1) is 11.6 Å². The molecule has 2 rings (SSSR count). The Morgan fingerprint density at radius 2 is 2.20 bits per heavy atom. The monoisotopic (exact) mass is 243 g/mol. The van der Waals surface area contributed by atoms with Gasteiger partial charge in [0.05, 0.1) is 6.42 Å². The van der Waals surface area contributed by atoms with Crippen molar-refractivity contribution in [3.05, 3.63) is 28.8 Å². The zero-order valence-electron chi connectivity index (χ0n) is 8.17. The molecule has 0 saturated carbocycles. The van der Waals surface area contributed by atoms with Crippen LogP contribution in [-0.4, -0.2) is 18.3 Å². The standard InChI is InChI=1S/C11H11Cl2NO/c12-4-1-5-14-10-7-9(13)3-2-8(10)6-11(14)15/h2-3,7H,1,4-6H2. The second-order valence-corrected chi connectivity index (χ2v) is 4.35. The van der Waals surface area contributed by atoms with E-state index in [9.17, 15) is 4.79 Å². The molecule has 0 spiro atoms. The van der Waals surface area contributed by atoms with Crippen LogP contribution >= 0.6 is 23.2 Å².